The quantitative estimate of drug-likeness (QED) is 0.562. The van der Waals surface area contributed by atoms with Gasteiger partial charge >= 0.3 is 0 Å². The Bertz CT molecular complexity index is 944. The van der Waals surface area contributed by atoms with E-state index in [0.717, 1.165) is 78.2 Å². The molecule has 2 aromatic rings. The molecule has 0 atom stereocenters. The number of carbonyl (C=O) groups is 1. The average Bonchev–Trinajstić information content (AvgIpc) is 3.22. The molecule has 1 aliphatic heterocycles. The van der Waals surface area contributed by atoms with Crippen LogP contribution in [0.2, 0.25) is 5.02 Å². The summed E-state index contributed by atoms with van der Waals surface area (Å²) in [6.45, 7) is 4.47. The number of carbonyl (C=O) groups excluding carboxylic acids is 1. The van der Waals surface area contributed by atoms with Gasteiger partial charge in [-0.05, 0) is 73.8 Å². The Balaban J connectivity index is 1.02. The topological polar surface area (TPSA) is 36.4 Å². The summed E-state index contributed by atoms with van der Waals surface area (Å²) >= 11 is 7.69. The first-order valence-electron chi connectivity index (χ1n) is 12.2. The standard InChI is InChI=1S/C26H32ClN3OS/c27-22-3-1-21(2-4-22)25-28-23(17-32-25)16-29-5-7-30(8-6-29)24(31)15-26-12-18-9-19(13-26)11-20(10-18)14-26/h1-4,17-20H,5-16H2. The van der Waals surface area contributed by atoms with E-state index < -0.39 is 0 Å². The number of halogens is 1. The van der Waals surface area contributed by atoms with E-state index in [1.165, 1.54) is 38.5 Å². The van der Waals surface area contributed by atoms with Crippen molar-refractivity contribution in [3.05, 3.63) is 40.4 Å². The normalized spacial score (nSPS) is 31.9. The summed E-state index contributed by atoms with van der Waals surface area (Å²) in [5.74, 6) is 3.18. The van der Waals surface area contributed by atoms with E-state index in [4.69, 9.17) is 16.6 Å². The molecule has 1 aromatic heterocycles. The maximum absolute atomic E-state index is 13.2. The Hall–Kier alpha value is -1.43. The molecular formula is C26H32ClN3OS. The van der Waals surface area contributed by atoms with Gasteiger partial charge in [0.2, 0.25) is 5.91 Å². The van der Waals surface area contributed by atoms with Gasteiger partial charge in [0.1, 0.15) is 5.01 Å². The molecule has 0 spiro atoms. The molecular weight excluding hydrogens is 438 g/mol. The molecule has 4 nitrogen and oxygen atoms in total. The van der Waals surface area contributed by atoms with E-state index >= 15 is 0 Å². The molecule has 0 radical (unpaired) electrons. The van der Waals surface area contributed by atoms with Gasteiger partial charge in [-0.15, -0.1) is 11.3 Å². The van der Waals surface area contributed by atoms with Crippen molar-refractivity contribution in [1.29, 1.82) is 0 Å². The first-order valence-corrected chi connectivity index (χ1v) is 13.5. The summed E-state index contributed by atoms with van der Waals surface area (Å²) in [5, 5.41) is 3.95. The van der Waals surface area contributed by atoms with Crippen molar-refractivity contribution in [2.24, 2.45) is 23.2 Å². The van der Waals surface area contributed by atoms with E-state index in [1.54, 1.807) is 11.3 Å². The third-order valence-corrected chi connectivity index (χ3v) is 9.64. The van der Waals surface area contributed by atoms with Crippen LogP contribution in [0.1, 0.15) is 50.6 Å². The summed E-state index contributed by atoms with van der Waals surface area (Å²) < 4.78 is 0. The molecule has 4 saturated carbocycles. The highest BCUT2D eigenvalue weighted by Gasteiger charge is 2.51. The minimum atomic E-state index is 0.349. The largest absolute Gasteiger partial charge is 0.340 e. The molecule has 7 rings (SSSR count). The smallest absolute Gasteiger partial charge is 0.223 e. The fraction of sp³-hybridized carbons (Fsp3) is 0.615. The monoisotopic (exact) mass is 469 g/mol. The zero-order chi connectivity index (χ0) is 21.7. The molecule has 4 aliphatic carbocycles. The number of nitrogens with zero attached hydrogens (tertiary/aromatic N) is 3. The van der Waals surface area contributed by atoms with Gasteiger partial charge in [0.05, 0.1) is 5.69 Å². The van der Waals surface area contributed by atoms with E-state index in [0.29, 0.717) is 11.3 Å². The Morgan fingerprint density at radius 1 is 1.00 bits per heavy atom. The number of thiazole rings is 1. The van der Waals surface area contributed by atoms with E-state index in [2.05, 4.69) is 15.2 Å². The maximum atomic E-state index is 13.2. The second-order valence-corrected chi connectivity index (χ2v) is 12.2. The molecule has 32 heavy (non-hydrogen) atoms. The predicted octanol–water partition coefficient (Wildman–Crippen LogP) is 5.71. The van der Waals surface area contributed by atoms with Crippen molar-refractivity contribution in [3.63, 3.8) is 0 Å². The third kappa shape index (κ3) is 4.24. The van der Waals surface area contributed by atoms with Crippen LogP contribution in [0.15, 0.2) is 29.6 Å². The van der Waals surface area contributed by atoms with Gasteiger partial charge in [-0.2, -0.15) is 0 Å². The van der Waals surface area contributed by atoms with Crippen molar-refractivity contribution in [2.75, 3.05) is 26.2 Å². The SMILES string of the molecule is O=C(CC12CC3CC(CC(C3)C1)C2)N1CCN(Cc2csc(-c3ccc(Cl)cc3)n2)CC1. The lowest BCUT2D eigenvalue weighted by atomic mass is 9.49. The number of piperazine rings is 1. The molecule has 170 valence electrons. The van der Waals surface area contributed by atoms with E-state index in [-0.39, 0.29) is 0 Å². The zero-order valence-corrected chi connectivity index (χ0v) is 20.2. The highest BCUT2D eigenvalue weighted by molar-refractivity contribution is 7.13. The summed E-state index contributed by atoms with van der Waals surface area (Å²) in [6.07, 6.45) is 9.12. The molecule has 1 amide bonds. The average molecular weight is 470 g/mol. The van der Waals surface area contributed by atoms with Crippen LogP contribution in [-0.2, 0) is 11.3 Å². The fourth-order valence-corrected chi connectivity index (χ4v) is 8.37. The molecule has 1 aromatic carbocycles. The molecule has 0 unspecified atom stereocenters. The van der Waals surface area contributed by atoms with Gasteiger partial charge in [-0.3, -0.25) is 9.69 Å². The minimum Gasteiger partial charge on any atom is -0.340 e. The van der Waals surface area contributed by atoms with Crippen LogP contribution >= 0.6 is 22.9 Å². The lowest BCUT2D eigenvalue weighted by Crippen LogP contribution is -2.52. The number of benzene rings is 1. The lowest BCUT2D eigenvalue weighted by molar-refractivity contribution is -0.141. The second kappa shape index (κ2) is 8.41. The fourth-order valence-electron chi connectivity index (χ4n) is 7.43. The number of rotatable bonds is 5. The highest BCUT2D eigenvalue weighted by Crippen LogP contribution is 2.61. The molecule has 0 N–H and O–H groups in total. The van der Waals surface area contributed by atoms with Crippen molar-refractivity contribution in [3.8, 4) is 10.6 Å². The van der Waals surface area contributed by atoms with Crippen molar-refractivity contribution in [2.45, 2.75) is 51.5 Å². The summed E-state index contributed by atoms with van der Waals surface area (Å²) in [6, 6.07) is 7.88. The molecule has 4 bridgehead atoms. The summed E-state index contributed by atoms with van der Waals surface area (Å²) in [4.78, 5) is 22.6. The van der Waals surface area contributed by atoms with Crippen LogP contribution in [-0.4, -0.2) is 46.9 Å². The number of amides is 1. The van der Waals surface area contributed by atoms with Crippen LogP contribution < -0.4 is 0 Å². The van der Waals surface area contributed by atoms with Crippen LogP contribution in [0.25, 0.3) is 10.6 Å². The molecule has 6 heteroatoms. The highest BCUT2D eigenvalue weighted by atomic mass is 35.5. The number of aromatic nitrogens is 1. The molecule has 2 heterocycles. The summed E-state index contributed by atoms with van der Waals surface area (Å²) in [5.41, 5.74) is 2.58. The van der Waals surface area contributed by atoms with Gasteiger partial charge < -0.3 is 4.90 Å². The minimum absolute atomic E-state index is 0.349. The Morgan fingerprint density at radius 2 is 1.62 bits per heavy atom. The molecule has 5 fully saturated rings. The van der Waals surface area contributed by atoms with E-state index in [1.807, 2.05) is 24.3 Å². The first kappa shape index (κ1) is 21.1. The Kier molecular flexibility index (Phi) is 5.55. The van der Waals surface area contributed by atoms with Gasteiger partial charge in [-0.1, -0.05) is 23.7 Å². The second-order valence-electron chi connectivity index (χ2n) is 10.9. The van der Waals surface area contributed by atoms with Crippen molar-refractivity contribution >= 4 is 28.8 Å². The lowest BCUT2D eigenvalue weighted by Gasteiger charge is -2.57. The third-order valence-electron chi connectivity index (χ3n) is 8.44. The van der Waals surface area contributed by atoms with Crippen LogP contribution in [0, 0.1) is 23.2 Å². The van der Waals surface area contributed by atoms with Crippen LogP contribution in [0.5, 0.6) is 0 Å². The summed E-state index contributed by atoms with van der Waals surface area (Å²) in [7, 11) is 0. The number of hydrogen-bond acceptors (Lipinski definition) is 4. The predicted molar refractivity (Wildman–Crippen MR) is 130 cm³/mol. The van der Waals surface area contributed by atoms with Gasteiger partial charge in [0.25, 0.3) is 0 Å². The van der Waals surface area contributed by atoms with Gasteiger partial charge in [0.15, 0.2) is 0 Å². The van der Waals surface area contributed by atoms with Crippen LogP contribution in [0.3, 0.4) is 0 Å². The Labute approximate surface area is 200 Å². The van der Waals surface area contributed by atoms with Crippen molar-refractivity contribution in [1.82, 2.24) is 14.8 Å². The zero-order valence-electron chi connectivity index (χ0n) is 18.6. The van der Waals surface area contributed by atoms with Gasteiger partial charge in [0, 0.05) is 55.1 Å². The number of hydrogen-bond donors (Lipinski definition) is 0. The first-order chi connectivity index (χ1) is 15.5. The van der Waals surface area contributed by atoms with E-state index in [9.17, 15) is 4.79 Å². The maximum Gasteiger partial charge on any atom is 0.223 e. The van der Waals surface area contributed by atoms with Crippen LogP contribution in [0.4, 0.5) is 0 Å². The van der Waals surface area contributed by atoms with Gasteiger partial charge in [-0.25, -0.2) is 4.98 Å². The molecule has 5 aliphatic rings. The Morgan fingerprint density at radius 3 is 2.25 bits per heavy atom. The van der Waals surface area contributed by atoms with Crippen molar-refractivity contribution < 1.29 is 4.79 Å². The molecule has 1 saturated heterocycles.